The van der Waals surface area contributed by atoms with Crippen LogP contribution in [0, 0.1) is 0 Å². The minimum atomic E-state index is -0.902. The van der Waals surface area contributed by atoms with Gasteiger partial charge < -0.3 is 14.4 Å². The standard InChI is InChI=1S/C26H19N3O5/c1-33-19-11-7-17(8-12-19)24(30)22-23(21-4-2-3-14-27-21)29(26(32)25(22)31)18-9-5-16(6-10-18)20-13-15-34-28-20/h2-15,23,30H,1H3. The molecule has 8 nitrogen and oxygen atoms in total. The van der Waals surface area contributed by atoms with E-state index in [0.29, 0.717) is 28.4 Å². The average molecular weight is 453 g/mol. The summed E-state index contributed by atoms with van der Waals surface area (Å²) in [5.74, 6) is -1.21. The van der Waals surface area contributed by atoms with Crippen molar-refractivity contribution in [3.05, 3.63) is 102 Å². The second kappa shape index (κ2) is 8.67. The number of pyridine rings is 1. The van der Waals surface area contributed by atoms with Crippen molar-refractivity contribution in [2.75, 3.05) is 12.0 Å². The van der Waals surface area contributed by atoms with Crippen molar-refractivity contribution >= 4 is 23.1 Å². The molecule has 0 spiro atoms. The van der Waals surface area contributed by atoms with E-state index in [2.05, 4.69) is 10.1 Å². The number of carbonyl (C=O) groups is 2. The van der Waals surface area contributed by atoms with Crippen LogP contribution in [0.25, 0.3) is 17.0 Å². The molecule has 0 radical (unpaired) electrons. The van der Waals surface area contributed by atoms with Gasteiger partial charge in [-0.2, -0.15) is 0 Å². The third-order valence-corrected chi connectivity index (χ3v) is 5.65. The van der Waals surface area contributed by atoms with E-state index in [4.69, 9.17) is 9.26 Å². The molecule has 2 aromatic carbocycles. The van der Waals surface area contributed by atoms with Crippen LogP contribution in [0.3, 0.4) is 0 Å². The summed E-state index contributed by atoms with van der Waals surface area (Å²) in [6.45, 7) is 0. The van der Waals surface area contributed by atoms with Gasteiger partial charge in [-0.1, -0.05) is 23.4 Å². The summed E-state index contributed by atoms with van der Waals surface area (Å²) < 4.78 is 10.1. The summed E-state index contributed by atoms with van der Waals surface area (Å²) in [5, 5.41) is 15.0. The molecule has 1 unspecified atom stereocenters. The summed E-state index contributed by atoms with van der Waals surface area (Å²) in [7, 11) is 1.54. The molecule has 3 heterocycles. The van der Waals surface area contributed by atoms with Crippen LogP contribution in [-0.4, -0.2) is 34.0 Å². The summed E-state index contributed by atoms with van der Waals surface area (Å²) in [4.78, 5) is 32.1. The summed E-state index contributed by atoms with van der Waals surface area (Å²) in [6.07, 6.45) is 3.05. The first-order chi connectivity index (χ1) is 16.6. The Morgan fingerprint density at radius 1 is 1.00 bits per heavy atom. The van der Waals surface area contributed by atoms with E-state index in [1.54, 1.807) is 79.0 Å². The van der Waals surface area contributed by atoms with Crippen LogP contribution in [0.2, 0.25) is 0 Å². The van der Waals surface area contributed by atoms with Crippen molar-refractivity contribution < 1.29 is 24.0 Å². The zero-order chi connectivity index (χ0) is 23.7. The van der Waals surface area contributed by atoms with Crippen molar-refractivity contribution in [1.29, 1.82) is 0 Å². The molecular weight excluding hydrogens is 434 g/mol. The number of nitrogens with zero attached hydrogens (tertiary/aromatic N) is 3. The van der Waals surface area contributed by atoms with Gasteiger partial charge in [0, 0.05) is 29.1 Å². The number of hydrogen-bond donors (Lipinski definition) is 1. The van der Waals surface area contributed by atoms with Gasteiger partial charge >= 0.3 is 0 Å². The minimum Gasteiger partial charge on any atom is -0.507 e. The molecule has 0 saturated carbocycles. The molecule has 0 bridgehead atoms. The lowest BCUT2D eigenvalue weighted by Gasteiger charge is -2.24. The van der Waals surface area contributed by atoms with Gasteiger partial charge in [-0.15, -0.1) is 0 Å². The molecule has 8 heteroatoms. The SMILES string of the molecule is COc1ccc(C(O)=C2C(=O)C(=O)N(c3ccc(-c4ccon4)cc3)C2c2ccccn2)cc1. The number of amides is 1. The van der Waals surface area contributed by atoms with Gasteiger partial charge in [0.05, 0.1) is 18.4 Å². The van der Waals surface area contributed by atoms with Crippen LogP contribution in [0.1, 0.15) is 17.3 Å². The molecule has 1 atom stereocenters. The van der Waals surface area contributed by atoms with Crippen LogP contribution >= 0.6 is 0 Å². The predicted octanol–water partition coefficient (Wildman–Crippen LogP) is 4.37. The first kappa shape index (κ1) is 21.1. The second-order valence-corrected chi connectivity index (χ2v) is 7.58. The van der Waals surface area contributed by atoms with Crippen LogP contribution in [-0.2, 0) is 9.59 Å². The number of benzene rings is 2. The Hall–Kier alpha value is -4.72. The van der Waals surface area contributed by atoms with E-state index >= 15 is 0 Å². The van der Waals surface area contributed by atoms with E-state index in [0.717, 1.165) is 5.56 Å². The first-order valence-electron chi connectivity index (χ1n) is 10.5. The molecule has 1 aliphatic rings. The zero-order valence-corrected chi connectivity index (χ0v) is 18.1. The van der Waals surface area contributed by atoms with Crippen LogP contribution < -0.4 is 9.64 Å². The lowest BCUT2D eigenvalue weighted by Crippen LogP contribution is -2.29. The van der Waals surface area contributed by atoms with Gasteiger partial charge in [-0.3, -0.25) is 19.5 Å². The van der Waals surface area contributed by atoms with Gasteiger partial charge in [-0.25, -0.2) is 0 Å². The Morgan fingerprint density at radius 2 is 1.76 bits per heavy atom. The highest BCUT2D eigenvalue weighted by Gasteiger charge is 2.47. The summed E-state index contributed by atoms with van der Waals surface area (Å²) in [5.41, 5.74) is 2.74. The normalized spacial score (nSPS) is 17.2. The van der Waals surface area contributed by atoms with E-state index in [9.17, 15) is 14.7 Å². The van der Waals surface area contributed by atoms with Gasteiger partial charge in [0.25, 0.3) is 11.7 Å². The largest absolute Gasteiger partial charge is 0.507 e. The number of rotatable bonds is 5. The number of carbonyl (C=O) groups excluding carboxylic acids is 2. The maximum atomic E-state index is 13.2. The number of ketones is 1. The number of aliphatic hydroxyl groups excluding tert-OH is 1. The zero-order valence-electron chi connectivity index (χ0n) is 18.1. The van der Waals surface area contributed by atoms with Crippen molar-refractivity contribution in [3.8, 4) is 17.0 Å². The molecule has 2 aromatic heterocycles. The number of aliphatic hydroxyl groups is 1. The van der Waals surface area contributed by atoms with Crippen LogP contribution in [0.15, 0.2) is 95.4 Å². The maximum Gasteiger partial charge on any atom is 0.300 e. The third kappa shape index (κ3) is 3.61. The topological polar surface area (TPSA) is 106 Å². The maximum absolute atomic E-state index is 13.2. The van der Waals surface area contributed by atoms with Crippen molar-refractivity contribution in [2.45, 2.75) is 6.04 Å². The molecule has 1 fully saturated rings. The van der Waals surface area contributed by atoms with Crippen LogP contribution in [0.4, 0.5) is 5.69 Å². The van der Waals surface area contributed by atoms with E-state index in [1.807, 2.05) is 0 Å². The molecule has 1 N–H and O–H groups in total. The van der Waals surface area contributed by atoms with Crippen molar-refractivity contribution in [2.24, 2.45) is 0 Å². The Kier molecular flexibility index (Phi) is 5.39. The number of hydrogen-bond acceptors (Lipinski definition) is 7. The number of ether oxygens (including phenoxy) is 1. The predicted molar refractivity (Wildman–Crippen MR) is 124 cm³/mol. The fraction of sp³-hybridized carbons (Fsp3) is 0.0769. The van der Waals surface area contributed by atoms with Crippen molar-refractivity contribution in [3.63, 3.8) is 0 Å². The van der Waals surface area contributed by atoms with Crippen molar-refractivity contribution in [1.82, 2.24) is 10.1 Å². The molecule has 1 aliphatic heterocycles. The lowest BCUT2D eigenvalue weighted by atomic mass is 9.98. The molecule has 1 amide bonds. The highest BCUT2D eigenvalue weighted by atomic mass is 16.5. The third-order valence-electron chi connectivity index (χ3n) is 5.65. The Labute approximate surface area is 194 Å². The molecule has 1 saturated heterocycles. The fourth-order valence-corrected chi connectivity index (χ4v) is 3.97. The monoisotopic (exact) mass is 453 g/mol. The molecular formula is C26H19N3O5. The first-order valence-corrected chi connectivity index (χ1v) is 10.5. The van der Waals surface area contributed by atoms with Gasteiger partial charge in [-0.05, 0) is 48.5 Å². The summed E-state index contributed by atoms with van der Waals surface area (Å²) in [6, 6.07) is 19.7. The highest BCUT2D eigenvalue weighted by Crippen LogP contribution is 2.41. The highest BCUT2D eigenvalue weighted by molar-refractivity contribution is 6.51. The Bertz CT molecular complexity index is 1360. The Balaban J connectivity index is 1.63. The van der Waals surface area contributed by atoms with Crippen LogP contribution in [0.5, 0.6) is 5.75 Å². The number of aromatic nitrogens is 2. The number of anilines is 1. The number of Topliss-reactive ketones (excluding diaryl/α,β-unsaturated/α-hetero) is 1. The quantitative estimate of drug-likeness (QED) is 0.272. The van der Waals surface area contributed by atoms with Gasteiger partial charge in [0.2, 0.25) is 0 Å². The smallest absolute Gasteiger partial charge is 0.300 e. The average Bonchev–Trinajstić information content (AvgIpc) is 3.52. The minimum absolute atomic E-state index is 0.0329. The van der Waals surface area contributed by atoms with E-state index < -0.39 is 17.7 Å². The second-order valence-electron chi connectivity index (χ2n) is 7.58. The molecule has 168 valence electrons. The van der Waals surface area contributed by atoms with E-state index in [-0.39, 0.29) is 11.3 Å². The Morgan fingerprint density at radius 3 is 2.38 bits per heavy atom. The molecule has 0 aliphatic carbocycles. The molecule has 4 aromatic rings. The molecule has 34 heavy (non-hydrogen) atoms. The van der Waals surface area contributed by atoms with Gasteiger partial charge in [0.1, 0.15) is 29.5 Å². The molecule has 5 rings (SSSR count). The van der Waals surface area contributed by atoms with E-state index in [1.165, 1.54) is 18.3 Å². The fourth-order valence-electron chi connectivity index (χ4n) is 3.97. The summed E-state index contributed by atoms with van der Waals surface area (Å²) >= 11 is 0. The number of methoxy groups -OCH3 is 1. The lowest BCUT2D eigenvalue weighted by molar-refractivity contribution is -0.132. The van der Waals surface area contributed by atoms with Gasteiger partial charge in [0.15, 0.2) is 0 Å².